The molecule has 0 N–H and O–H groups in total. The minimum absolute atomic E-state index is 0.285. The number of ether oxygens (including phenoxy) is 4. The van der Waals surface area contributed by atoms with Gasteiger partial charge in [-0.3, -0.25) is 0 Å². The van der Waals surface area contributed by atoms with Gasteiger partial charge in [0, 0.05) is 30.4 Å². The van der Waals surface area contributed by atoms with Crippen LogP contribution in [0.1, 0.15) is 72.9 Å². The first-order chi connectivity index (χ1) is 16.8. The summed E-state index contributed by atoms with van der Waals surface area (Å²) in [7, 11) is 0. The zero-order valence-electron chi connectivity index (χ0n) is 22.8. The number of benzene rings is 2. The summed E-state index contributed by atoms with van der Waals surface area (Å²) in [5.74, 6) is 0.212. The molecule has 0 heterocycles. The molecule has 0 spiro atoms. The first-order valence-corrected chi connectivity index (χ1v) is 12.1. The third-order valence-electron chi connectivity index (χ3n) is 5.00. The van der Waals surface area contributed by atoms with Crippen molar-refractivity contribution >= 4 is 11.9 Å². The van der Waals surface area contributed by atoms with Gasteiger partial charge in [0.25, 0.3) is 0 Å². The van der Waals surface area contributed by atoms with E-state index < -0.39 is 24.5 Å². The van der Waals surface area contributed by atoms with Crippen LogP contribution in [0.2, 0.25) is 0 Å². The van der Waals surface area contributed by atoms with E-state index in [2.05, 4.69) is 40.9 Å². The molecule has 2 rings (SSSR count). The Hall–Kier alpha value is -3.54. The maximum Gasteiger partial charge on any atom is 0.336 e. The van der Waals surface area contributed by atoms with Crippen LogP contribution in [0.3, 0.4) is 0 Å². The molecule has 0 amide bonds. The van der Waals surface area contributed by atoms with Gasteiger partial charge < -0.3 is 18.9 Å². The zero-order valence-corrected chi connectivity index (χ0v) is 22.8. The molecule has 2 unspecified atom stereocenters. The van der Waals surface area contributed by atoms with Gasteiger partial charge in [0.1, 0.15) is 11.5 Å². The van der Waals surface area contributed by atoms with Crippen molar-refractivity contribution in [2.45, 2.75) is 79.8 Å². The van der Waals surface area contributed by atoms with Crippen LogP contribution in [0.15, 0.2) is 72.8 Å². The number of carbonyl (C=O) groups is 2. The van der Waals surface area contributed by atoms with E-state index in [1.54, 1.807) is 27.7 Å². The third kappa shape index (κ3) is 9.61. The van der Waals surface area contributed by atoms with Crippen molar-refractivity contribution in [2.75, 3.05) is 0 Å². The zero-order chi connectivity index (χ0) is 27.5. The van der Waals surface area contributed by atoms with Crippen LogP contribution in [0.5, 0.6) is 11.5 Å². The lowest BCUT2D eigenvalue weighted by Gasteiger charge is -2.27. The van der Waals surface area contributed by atoms with Crippen molar-refractivity contribution in [3.05, 3.63) is 84.0 Å². The smallest absolute Gasteiger partial charge is 0.336 e. The van der Waals surface area contributed by atoms with Crippen LogP contribution in [-0.2, 0) is 24.5 Å². The number of esters is 2. The fourth-order valence-corrected chi connectivity index (χ4v) is 3.00. The van der Waals surface area contributed by atoms with Crippen LogP contribution in [0, 0.1) is 0 Å². The molecule has 0 aliphatic heterocycles. The lowest BCUT2D eigenvalue weighted by Crippen LogP contribution is -2.22. The summed E-state index contributed by atoms with van der Waals surface area (Å²) in [6, 6.07) is 15.3. The quantitative estimate of drug-likeness (QED) is 0.198. The Labute approximate surface area is 215 Å². The summed E-state index contributed by atoms with van der Waals surface area (Å²) in [6.07, 6.45) is -0.199. The Morgan fingerprint density at radius 1 is 0.722 bits per heavy atom. The van der Waals surface area contributed by atoms with E-state index in [4.69, 9.17) is 18.9 Å². The largest absolute Gasteiger partial charge is 0.455 e. The van der Waals surface area contributed by atoms with Gasteiger partial charge in [-0.2, -0.15) is 0 Å². The van der Waals surface area contributed by atoms with Crippen molar-refractivity contribution in [1.82, 2.24) is 0 Å². The predicted octanol–water partition coefficient (Wildman–Crippen LogP) is 7.12. The molecule has 6 heteroatoms. The lowest BCUT2D eigenvalue weighted by atomic mass is 9.78. The van der Waals surface area contributed by atoms with Gasteiger partial charge in [0.05, 0.1) is 0 Å². The normalized spacial score (nSPS) is 12.2. The molecule has 2 aromatic rings. The van der Waals surface area contributed by atoms with Crippen LogP contribution in [0.4, 0.5) is 0 Å². The van der Waals surface area contributed by atoms with E-state index >= 15 is 0 Å². The number of hydrogen-bond acceptors (Lipinski definition) is 6. The summed E-state index contributed by atoms with van der Waals surface area (Å²) in [4.78, 5) is 23.2. The van der Waals surface area contributed by atoms with Gasteiger partial charge in [0.2, 0.25) is 12.6 Å². The SMILES string of the molecule is C=C(C)C(=O)OC(C)Oc1ccc(C(C)(C)c2ccc(OC(C)OC(=O)C(=C)C)cc2)cc1.CCC. The highest BCUT2D eigenvalue weighted by Gasteiger charge is 2.23. The molecule has 6 nitrogen and oxygen atoms in total. The molecule has 0 aliphatic carbocycles. The third-order valence-corrected chi connectivity index (χ3v) is 5.00. The molecule has 196 valence electrons. The van der Waals surface area contributed by atoms with E-state index in [0.29, 0.717) is 22.6 Å². The molecule has 0 radical (unpaired) electrons. The van der Waals surface area contributed by atoms with Gasteiger partial charge in [-0.25, -0.2) is 9.59 Å². The van der Waals surface area contributed by atoms with Gasteiger partial charge >= 0.3 is 11.9 Å². The molecule has 36 heavy (non-hydrogen) atoms. The highest BCUT2D eigenvalue weighted by atomic mass is 16.7. The summed E-state index contributed by atoms with van der Waals surface area (Å²) in [5, 5.41) is 0. The molecule has 0 aromatic heterocycles. The van der Waals surface area contributed by atoms with Crippen LogP contribution in [-0.4, -0.2) is 24.5 Å². The summed E-state index contributed by atoms with van der Waals surface area (Å²) < 4.78 is 21.6. The van der Waals surface area contributed by atoms with E-state index in [1.807, 2.05) is 48.5 Å². The standard InChI is InChI=1S/C27H32O6.C3H8/c1-17(2)25(28)32-19(5)30-23-13-9-21(10-14-23)27(7,8)22-11-15-24(16-12-22)31-20(6)33-26(29)18(3)4;1-3-2/h9-16,19-20H,1,3H2,2,4-8H3;3H2,1-2H3. The number of hydrogen-bond donors (Lipinski definition) is 0. The summed E-state index contributed by atoms with van der Waals surface area (Å²) in [5.41, 5.74) is 2.52. The van der Waals surface area contributed by atoms with Crippen LogP contribution in [0.25, 0.3) is 0 Å². The number of carbonyl (C=O) groups excluding carboxylic acids is 2. The highest BCUT2D eigenvalue weighted by Crippen LogP contribution is 2.33. The Morgan fingerprint density at radius 2 is 1.00 bits per heavy atom. The van der Waals surface area contributed by atoms with E-state index in [1.165, 1.54) is 6.42 Å². The Balaban J connectivity index is 0.00000205. The van der Waals surface area contributed by atoms with E-state index in [-0.39, 0.29) is 5.41 Å². The van der Waals surface area contributed by atoms with Crippen molar-refractivity contribution < 1.29 is 28.5 Å². The van der Waals surface area contributed by atoms with Crippen molar-refractivity contribution in [3.63, 3.8) is 0 Å². The minimum Gasteiger partial charge on any atom is -0.455 e. The van der Waals surface area contributed by atoms with E-state index in [9.17, 15) is 9.59 Å². The monoisotopic (exact) mass is 496 g/mol. The maximum atomic E-state index is 11.6. The topological polar surface area (TPSA) is 71.1 Å². The fraction of sp³-hybridized carbons (Fsp3) is 0.400. The highest BCUT2D eigenvalue weighted by molar-refractivity contribution is 5.87. The first kappa shape index (κ1) is 30.5. The molecular weight excluding hydrogens is 456 g/mol. The van der Waals surface area contributed by atoms with Crippen LogP contribution < -0.4 is 9.47 Å². The Kier molecular flexibility index (Phi) is 12.0. The minimum atomic E-state index is -0.724. The molecule has 0 aliphatic rings. The van der Waals surface area contributed by atoms with Gasteiger partial charge in [0.15, 0.2) is 0 Å². The second-order valence-electron chi connectivity index (χ2n) is 9.12. The van der Waals surface area contributed by atoms with Crippen molar-refractivity contribution in [1.29, 1.82) is 0 Å². The summed E-state index contributed by atoms with van der Waals surface area (Å²) in [6.45, 7) is 22.1. The molecule has 2 atom stereocenters. The molecule has 2 aromatic carbocycles. The first-order valence-electron chi connectivity index (χ1n) is 12.1. The number of rotatable bonds is 10. The Bertz CT molecular complexity index is 937. The molecule has 0 bridgehead atoms. The van der Waals surface area contributed by atoms with Gasteiger partial charge in [-0.1, -0.05) is 71.5 Å². The average Bonchev–Trinajstić information content (AvgIpc) is 2.80. The second-order valence-corrected chi connectivity index (χ2v) is 9.12. The molecule has 0 saturated carbocycles. The van der Waals surface area contributed by atoms with E-state index in [0.717, 1.165) is 11.1 Å². The fourth-order valence-electron chi connectivity index (χ4n) is 3.00. The molecule has 0 saturated heterocycles. The van der Waals surface area contributed by atoms with Crippen molar-refractivity contribution in [2.24, 2.45) is 0 Å². The molecule has 0 fully saturated rings. The predicted molar refractivity (Wildman–Crippen MR) is 143 cm³/mol. The van der Waals surface area contributed by atoms with Gasteiger partial charge in [-0.15, -0.1) is 0 Å². The Morgan fingerprint density at radius 3 is 1.25 bits per heavy atom. The van der Waals surface area contributed by atoms with Crippen molar-refractivity contribution in [3.8, 4) is 11.5 Å². The summed E-state index contributed by atoms with van der Waals surface area (Å²) >= 11 is 0. The second kappa shape index (κ2) is 14.1. The lowest BCUT2D eigenvalue weighted by molar-refractivity contribution is -0.157. The van der Waals surface area contributed by atoms with Gasteiger partial charge in [-0.05, 0) is 49.2 Å². The van der Waals surface area contributed by atoms with Crippen LogP contribution >= 0.6 is 0 Å². The maximum absolute atomic E-state index is 11.6. The molecular formula is C30H40O6. The average molecular weight is 497 g/mol.